The number of halogens is 1. The van der Waals surface area contributed by atoms with Gasteiger partial charge in [0.1, 0.15) is 24.2 Å². The number of carbonyl (C=O) groups is 3. The van der Waals surface area contributed by atoms with Crippen LogP contribution in [0.5, 0.6) is 0 Å². The molecule has 2 aromatic heterocycles. The molecule has 0 saturated carbocycles. The van der Waals surface area contributed by atoms with Gasteiger partial charge in [-0.3, -0.25) is 14.2 Å². The second kappa shape index (κ2) is 10.6. The van der Waals surface area contributed by atoms with Crippen molar-refractivity contribution in [3.63, 3.8) is 0 Å². The van der Waals surface area contributed by atoms with Crippen LogP contribution in [0, 0.1) is 0 Å². The maximum Gasteiger partial charge on any atom is 0.419 e. The van der Waals surface area contributed by atoms with Gasteiger partial charge in [0.05, 0.1) is 17.0 Å². The van der Waals surface area contributed by atoms with E-state index in [1.165, 1.54) is 17.1 Å². The molecule has 5 aromatic rings. The van der Waals surface area contributed by atoms with E-state index < -0.39 is 23.5 Å². The number of hydrogen-bond donors (Lipinski definition) is 0. The second-order valence-electron chi connectivity index (χ2n) is 10.5. The van der Waals surface area contributed by atoms with Gasteiger partial charge in [0.2, 0.25) is 0 Å². The van der Waals surface area contributed by atoms with E-state index in [1.54, 1.807) is 52.0 Å². The first-order valence-electron chi connectivity index (χ1n) is 12.8. The summed E-state index contributed by atoms with van der Waals surface area (Å²) in [5.74, 6) is -1.40. The predicted octanol–water partition coefficient (Wildman–Crippen LogP) is 6.96. The standard InChI is InChI=1S/C31H28ClN3O5/c1-19(29(37)39-17-20-8-6-5-7-9-20)21-10-12-23-24-15-22(32)11-13-26(24)35(27(23)14-21)28(36)25-16-34(18-33-25)30(38)40-31(2,3)4/h5-16,18-19H,17H2,1-4H3. The molecule has 204 valence electrons. The zero-order valence-electron chi connectivity index (χ0n) is 22.6. The number of imidazole rings is 1. The predicted molar refractivity (Wildman–Crippen MR) is 153 cm³/mol. The van der Waals surface area contributed by atoms with Crippen LogP contribution >= 0.6 is 11.6 Å². The Bertz CT molecular complexity index is 1750. The van der Waals surface area contributed by atoms with Crippen LogP contribution in [-0.2, 0) is 20.9 Å². The van der Waals surface area contributed by atoms with Crippen molar-refractivity contribution in [2.45, 2.75) is 45.8 Å². The van der Waals surface area contributed by atoms with E-state index in [9.17, 15) is 14.4 Å². The fourth-order valence-corrected chi connectivity index (χ4v) is 4.62. The molecule has 9 heteroatoms. The van der Waals surface area contributed by atoms with Crippen LogP contribution in [0.15, 0.2) is 79.3 Å². The number of ether oxygens (including phenoxy) is 2. The first-order chi connectivity index (χ1) is 19.0. The average Bonchev–Trinajstić information content (AvgIpc) is 3.54. The summed E-state index contributed by atoms with van der Waals surface area (Å²) < 4.78 is 13.6. The minimum atomic E-state index is -0.701. The van der Waals surface area contributed by atoms with Gasteiger partial charge in [-0.05, 0) is 63.1 Å². The van der Waals surface area contributed by atoms with Crippen molar-refractivity contribution in [1.82, 2.24) is 14.1 Å². The molecule has 0 aliphatic rings. The van der Waals surface area contributed by atoms with E-state index in [2.05, 4.69) is 4.98 Å². The van der Waals surface area contributed by atoms with Crippen molar-refractivity contribution < 1.29 is 23.9 Å². The van der Waals surface area contributed by atoms with Crippen LogP contribution < -0.4 is 0 Å². The molecule has 0 bridgehead atoms. The molecule has 1 atom stereocenters. The third-order valence-corrected chi connectivity index (χ3v) is 6.67. The highest BCUT2D eigenvalue weighted by atomic mass is 35.5. The minimum absolute atomic E-state index is 0.0559. The number of aromatic nitrogens is 3. The molecule has 3 aromatic carbocycles. The van der Waals surface area contributed by atoms with Crippen molar-refractivity contribution >= 4 is 51.4 Å². The van der Waals surface area contributed by atoms with Gasteiger partial charge in [-0.15, -0.1) is 0 Å². The molecule has 0 spiro atoms. The lowest BCUT2D eigenvalue weighted by Crippen LogP contribution is -2.26. The highest BCUT2D eigenvalue weighted by Gasteiger charge is 2.24. The molecule has 0 saturated heterocycles. The molecule has 0 fully saturated rings. The first-order valence-corrected chi connectivity index (χ1v) is 13.2. The molecule has 0 amide bonds. The molecule has 2 heterocycles. The van der Waals surface area contributed by atoms with Gasteiger partial charge in [-0.1, -0.05) is 54.1 Å². The van der Waals surface area contributed by atoms with Crippen LogP contribution in [0.2, 0.25) is 5.02 Å². The summed E-state index contributed by atoms with van der Waals surface area (Å²) in [6, 6.07) is 20.2. The SMILES string of the molecule is CC(C(=O)OCc1ccccc1)c1ccc2c3cc(Cl)ccc3n(C(=O)c3cn(C(=O)OC(C)(C)C)cn3)c2c1. The monoisotopic (exact) mass is 557 g/mol. The van der Waals surface area contributed by atoms with Crippen molar-refractivity contribution in [3.05, 3.63) is 101 Å². The van der Waals surface area contributed by atoms with Gasteiger partial charge in [0.15, 0.2) is 0 Å². The van der Waals surface area contributed by atoms with Crippen LogP contribution in [0.3, 0.4) is 0 Å². The lowest BCUT2D eigenvalue weighted by molar-refractivity contribution is -0.146. The molecule has 8 nitrogen and oxygen atoms in total. The molecule has 1 unspecified atom stereocenters. The summed E-state index contributed by atoms with van der Waals surface area (Å²) in [7, 11) is 0. The Morgan fingerprint density at radius 3 is 2.42 bits per heavy atom. The van der Waals surface area contributed by atoms with Crippen LogP contribution in [0.25, 0.3) is 21.8 Å². The first kappa shape index (κ1) is 27.1. The van der Waals surface area contributed by atoms with Gasteiger partial charge in [-0.2, -0.15) is 0 Å². The smallest absolute Gasteiger partial charge is 0.419 e. The summed E-state index contributed by atoms with van der Waals surface area (Å²) in [5.41, 5.74) is 2.13. The Kier molecular flexibility index (Phi) is 7.21. The number of esters is 1. The van der Waals surface area contributed by atoms with Gasteiger partial charge < -0.3 is 9.47 Å². The molecule has 0 aliphatic carbocycles. The van der Waals surface area contributed by atoms with E-state index in [-0.39, 0.29) is 18.3 Å². The maximum absolute atomic E-state index is 13.8. The molecule has 40 heavy (non-hydrogen) atoms. The van der Waals surface area contributed by atoms with Gasteiger partial charge in [0.25, 0.3) is 5.91 Å². The molecule has 0 N–H and O–H groups in total. The lowest BCUT2D eigenvalue weighted by Gasteiger charge is -2.19. The normalized spacial score (nSPS) is 12.4. The highest BCUT2D eigenvalue weighted by Crippen LogP contribution is 2.34. The van der Waals surface area contributed by atoms with Crippen molar-refractivity contribution in [1.29, 1.82) is 0 Å². The number of hydrogen-bond acceptors (Lipinski definition) is 6. The van der Waals surface area contributed by atoms with Crippen LogP contribution in [0.1, 0.15) is 55.2 Å². The third kappa shape index (κ3) is 5.49. The number of fused-ring (bicyclic) bond motifs is 3. The van der Waals surface area contributed by atoms with Gasteiger partial charge >= 0.3 is 12.1 Å². The van der Waals surface area contributed by atoms with Crippen LogP contribution in [0.4, 0.5) is 4.79 Å². The molecule has 5 rings (SSSR count). The van der Waals surface area contributed by atoms with Crippen molar-refractivity contribution in [2.75, 3.05) is 0 Å². The van der Waals surface area contributed by atoms with E-state index in [1.807, 2.05) is 42.5 Å². The Morgan fingerprint density at radius 2 is 1.70 bits per heavy atom. The Hall–Kier alpha value is -4.43. The minimum Gasteiger partial charge on any atom is -0.460 e. The molecule has 0 aliphatic heterocycles. The largest absolute Gasteiger partial charge is 0.460 e. The fraction of sp³-hybridized carbons (Fsp3) is 0.226. The quantitative estimate of drug-likeness (QED) is 0.217. The molecular formula is C31H28ClN3O5. The Morgan fingerprint density at radius 1 is 0.950 bits per heavy atom. The summed E-state index contributed by atoms with van der Waals surface area (Å²) in [6.07, 6.45) is 1.96. The van der Waals surface area contributed by atoms with Gasteiger partial charge in [0, 0.05) is 22.0 Å². The molecular weight excluding hydrogens is 530 g/mol. The lowest BCUT2D eigenvalue weighted by atomic mass is 9.99. The Labute approximate surface area is 236 Å². The van der Waals surface area contributed by atoms with E-state index >= 15 is 0 Å². The third-order valence-electron chi connectivity index (χ3n) is 6.44. The Balaban J connectivity index is 1.51. The number of nitrogens with zero attached hydrogens (tertiary/aromatic N) is 3. The highest BCUT2D eigenvalue weighted by molar-refractivity contribution is 6.32. The fourth-order valence-electron chi connectivity index (χ4n) is 4.45. The van der Waals surface area contributed by atoms with Crippen molar-refractivity contribution in [3.8, 4) is 0 Å². The number of carbonyl (C=O) groups excluding carboxylic acids is 3. The molecule has 0 radical (unpaired) electrons. The summed E-state index contributed by atoms with van der Waals surface area (Å²) in [4.78, 5) is 43.4. The summed E-state index contributed by atoms with van der Waals surface area (Å²) in [6.45, 7) is 7.21. The average molecular weight is 558 g/mol. The van der Waals surface area contributed by atoms with E-state index in [0.29, 0.717) is 21.6 Å². The number of benzene rings is 3. The maximum atomic E-state index is 13.8. The van der Waals surface area contributed by atoms with Crippen molar-refractivity contribution in [2.24, 2.45) is 0 Å². The second-order valence-corrected chi connectivity index (χ2v) is 11.0. The number of rotatable bonds is 5. The summed E-state index contributed by atoms with van der Waals surface area (Å²) in [5, 5.41) is 2.08. The van der Waals surface area contributed by atoms with Crippen LogP contribution in [-0.4, -0.2) is 37.7 Å². The topological polar surface area (TPSA) is 92.4 Å². The summed E-state index contributed by atoms with van der Waals surface area (Å²) >= 11 is 6.30. The van der Waals surface area contributed by atoms with E-state index in [4.69, 9.17) is 21.1 Å². The van der Waals surface area contributed by atoms with E-state index in [0.717, 1.165) is 20.9 Å². The zero-order valence-corrected chi connectivity index (χ0v) is 23.3. The zero-order chi connectivity index (χ0) is 28.6. The van der Waals surface area contributed by atoms with Gasteiger partial charge in [-0.25, -0.2) is 14.3 Å².